The minimum absolute atomic E-state index is 0.251. The molecule has 1 aromatic carbocycles. The number of fused-ring (bicyclic) bond motifs is 2. The fourth-order valence-corrected chi connectivity index (χ4v) is 29.0. The van der Waals surface area contributed by atoms with Crippen LogP contribution < -0.4 is 0 Å². The van der Waals surface area contributed by atoms with Crippen LogP contribution in [0.3, 0.4) is 0 Å². The molecule has 168 valence electrons. The molecule has 0 heterocycles. The van der Waals surface area contributed by atoms with Crippen LogP contribution in [0.2, 0.25) is 12.5 Å². The first-order valence-corrected chi connectivity index (χ1v) is 23.2. The van der Waals surface area contributed by atoms with Gasteiger partial charge in [0.1, 0.15) is 0 Å². The zero-order chi connectivity index (χ0) is 23.1. The summed E-state index contributed by atoms with van der Waals surface area (Å²) in [6.45, 7) is 22.1. The van der Waals surface area contributed by atoms with Crippen molar-refractivity contribution in [3.8, 4) is 0 Å². The summed E-state index contributed by atoms with van der Waals surface area (Å²) in [5, 5.41) is 0. The van der Waals surface area contributed by atoms with Gasteiger partial charge >= 0.3 is 197 Å². The molecule has 0 amide bonds. The van der Waals surface area contributed by atoms with Crippen molar-refractivity contribution in [2.45, 2.75) is 97.3 Å². The van der Waals surface area contributed by atoms with Crippen LogP contribution >= 0.6 is 0 Å². The van der Waals surface area contributed by atoms with E-state index in [9.17, 15) is 0 Å². The predicted molar refractivity (Wildman–Crippen MR) is 135 cm³/mol. The molecule has 0 saturated heterocycles. The summed E-state index contributed by atoms with van der Waals surface area (Å²) in [5.74, 6) is 0.674. The Kier molecular flexibility index (Phi) is 5.41. The second kappa shape index (κ2) is 7.15. The average Bonchev–Trinajstić information content (AvgIpc) is 3.27. The standard InChI is InChI=1S/C18H23.C10H15.2CH3.Hf/c1-5-12(2)16-7-6-13-8-14-10-18(3,4)11-15(14)9-17(13)16;1-6-7(2)9(4)10(5)8(6)3;;;/h6-9,12H,5,10-11H2,1-4H3;1-5H3;2*1H3;. The second-order valence-corrected chi connectivity index (χ2v) is 30.7. The molecule has 0 aromatic heterocycles. The average molecular weight is 583 g/mol. The van der Waals surface area contributed by atoms with Gasteiger partial charge in [0.2, 0.25) is 0 Å². The Morgan fingerprint density at radius 1 is 0.903 bits per heavy atom. The quantitative estimate of drug-likeness (QED) is 0.310. The van der Waals surface area contributed by atoms with Crippen LogP contribution in [0.25, 0.3) is 6.08 Å². The van der Waals surface area contributed by atoms with Crippen molar-refractivity contribution in [1.29, 1.82) is 0 Å². The molecule has 2 atom stereocenters. The third kappa shape index (κ3) is 2.87. The van der Waals surface area contributed by atoms with Gasteiger partial charge in [0.05, 0.1) is 0 Å². The Labute approximate surface area is 196 Å². The van der Waals surface area contributed by atoms with Gasteiger partial charge in [0.15, 0.2) is 0 Å². The third-order valence-corrected chi connectivity index (χ3v) is 33.0. The molecule has 31 heavy (non-hydrogen) atoms. The molecule has 0 fully saturated rings. The molecule has 3 aliphatic rings. The van der Waals surface area contributed by atoms with Crippen LogP contribution in [0.1, 0.15) is 91.0 Å². The number of hydrogen-bond acceptors (Lipinski definition) is 0. The molecule has 0 saturated carbocycles. The van der Waals surface area contributed by atoms with Gasteiger partial charge in [-0.3, -0.25) is 0 Å². The molecule has 1 heteroatoms. The van der Waals surface area contributed by atoms with Crippen molar-refractivity contribution in [3.05, 3.63) is 62.8 Å². The van der Waals surface area contributed by atoms with Gasteiger partial charge in [-0.25, -0.2) is 0 Å². The first-order valence-electron chi connectivity index (χ1n) is 12.5. The molecular formula is C30H44Hf. The SMILES string of the molecule is CCC(C)[C]1([Hf]([CH3])([CH3])[C]2(C)C(C)=C(C)C(C)=C2C)C=Cc2cc3c(cc21)CC(C)(C)C3. The van der Waals surface area contributed by atoms with Gasteiger partial charge < -0.3 is 0 Å². The van der Waals surface area contributed by atoms with Gasteiger partial charge in [-0.05, 0) is 0 Å². The Morgan fingerprint density at radius 3 is 1.94 bits per heavy atom. The van der Waals surface area contributed by atoms with Gasteiger partial charge in [-0.15, -0.1) is 0 Å². The number of allylic oxidation sites excluding steroid dienone is 5. The van der Waals surface area contributed by atoms with Crippen molar-refractivity contribution in [2.75, 3.05) is 0 Å². The van der Waals surface area contributed by atoms with E-state index >= 15 is 0 Å². The van der Waals surface area contributed by atoms with Crippen LogP contribution in [0.4, 0.5) is 0 Å². The van der Waals surface area contributed by atoms with E-state index in [4.69, 9.17) is 0 Å². The number of rotatable bonds is 4. The Bertz CT molecular complexity index is 1020. The molecule has 0 bridgehead atoms. The second-order valence-electron chi connectivity index (χ2n) is 12.5. The van der Waals surface area contributed by atoms with Crippen LogP contribution in [-0.2, 0) is 36.0 Å². The number of hydrogen-bond donors (Lipinski definition) is 0. The van der Waals surface area contributed by atoms with E-state index in [0.29, 0.717) is 11.3 Å². The Hall–Kier alpha value is -0.690. The van der Waals surface area contributed by atoms with Crippen molar-refractivity contribution in [1.82, 2.24) is 0 Å². The van der Waals surface area contributed by atoms with E-state index in [-0.39, 0.29) is 6.34 Å². The van der Waals surface area contributed by atoms with E-state index < -0.39 is 20.0 Å². The predicted octanol–water partition coefficient (Wildman–Crippen LogP) is 9.19. The maximum absolute atomic E-state index is 3.11. The fraction of sp³-hybridized carbons (Fsp3) is 0.600. The van der Waals surface area contributed by atoms with E-state index in [1.807, 2.05) is 0 Å². The summed E-state index contributed by atoms with van der Waals surface area (Å²) in [6.07, 6.45) is 8.94. The molecular weight excluding hydrogens is 539 g/mol. The van der Waals surface area contributed by atoms with Crippen molar-refractivity contribution in [3.63, 3.8) is 0 Å². The summed E-state index contributed by atoms with van der Waals surface area (Å²) in [5.41, 5.74) is 13.3. The molecule has 2 unspecified atom stereocenters. The van der Waals surface area contributed by atoms with Crippen molar-refractivity contribution < 1.29 is 20.0 Å². The van der Waals surface area contributed by atoms with Crippen LogP contribution in [0.15, 0.2) is 40.5 Å². The molecule has 0 spiro atoms. The molecule has 4 rings (SSSR count). The van der Waals surface area contributed by atoms with Gasteiger partial charge in [-0.2, -0.15) is 0 Å². The van der Waals surface area contributed by atoms with E-state index in [0.717, 1.165) is 0 Å². The summed E-state index contributed by atoms with van der Waals surface area (Å²) in [7, 11) is 0. The summed E-state index contributed by atoms with van der Waals surface area (Å²) < 4.78 is 6.10. The molecule has 1 aromatic rings. The van der Waals surface area contributed by atoms with E-state index in [2.05, 4.69) is 96.0 Å². The summed E-state index contributed by atoms with van der Waals surface area (Å²) >= 11 is -3.11. The van der Waals surface area contributed by atoms with Crippen molar-refractivity contribution >= 4 is 6.08 Å². The normalized spacial score (nSPS) is 27.2. The maximum atomic E-state index is 2.79. The zero-order valence-electron chi connectivity index (χ0n) is 22.0. The van der Waals surface area contributed by atoms with E-state index in [1.165, 1.54) is 24.8 Å². The number of benzene rings is 1. The first-order chi connectivity index (χ1) is 14.2. The Morgan fingerprint density at radius 2 is 1.42 bits per heavy atom. The third-order valence-electron chi connectivity index (χ3n) is 10.5. The van der Waals surface area contributed by atoms with Crippen LogP contribution in [0, 0.1) is 11.3 Å². The fourth-order valence-electron chi connectivity index (χ4n) is 7.80. The molecule has 3 aliphatic carbocycles. The molecule has 0 aliphatic heterocycles. The Balaban J connectivity index is 1.98. The van der Waals surface area contributed by atoms with Crippen LogP contribution in [0.5, 0.6) is 0 Å². The van der Waals surface area contributed by atoms with Crippen molar-refractivity contribution in [2.24, 2.45) is 11.3 Å². The van der Waals surface area contributed by atoms with Gasteiger partial charge in [0, 0.05) is 0 Å². The molecule has 0 N–H and O–H groups in total. The summed E-state index contributed by atoms with van der Waals surface area (Å²) in [4.78, 5) is 0. The van der Waals surface area contributed by atoms with E-state index in [1.54, 1.807) is 39.0 Å². The topological polar surface area (TPSA) is 0 Å². The summed E-state index contributed by atoms with van der Waals surface area (Å²) in [6, 6.07) is 5.26. The molecule has 0 radical (unpaired) electrons. The van der Waals surface area contributed by atoms with Crippen LogP contribution in [-0.4, -0.2) is 0 Å². The van der Waals surface area contributed by atoms with Gasteiger partial charge in [0.25, 0.3) is 0 Å². The van der Waals surface area contributed by atoms with Gasteiger partial charge in [-0.1, -0.05) is 0 Å². The zero-order valence-corrected chi connectivity index (χ0v) is 25.6. The molecule has 0 nitrogen and oxygen atoms in total. The monoisotopic (exact) mass is 584 g/mol. The first kappa shape index (κ1) is 23.5. The minimum atomic E-state index is -3.11.